The zero-order valence-corrected chi connectivity index (χ0v) is 15.0. The average molecular weight is 371 g/mol. The van der Waals surface area contributed by atoms with Crippen molar-refractivity contribution in [3.63, 3.8) is 0 Å². The molecule has 134 valence electrons. The lowest BCUT2D eigenvalue weighted by Crippen LogP contribution is -2.07. The van der Waals surface area contributed by atoms with Crippen molar-refractivity contribution in [2.24, 2.45) is 0 Å². The Labute approximate surface area is 152 Å². The maximum Gasteiger partial charge on any atom is 0.182 e. The minimum atomic E-state index is -3.59. The zero-order valence-electron chi connectivity index (χ0n) is 14.1. The van der Waals surface area contributed by atoms with E-state index in [0.29, 0.717) is 22.6 Å². The third-order valence-corrected chi connectivity index (χ3v) is 5.69. The molecule has 0 heterocycles. The molecule has 0 fully saturated rings. The van der Waals surface area contributed by atoms with Crippen molar-refractivity contribution in [3.8, 4) is 16.9 Å². The van der Waals surface area contributed by atoms with Gasteiger partial charge in [-0.3, -0.25) is 0 Å². The van der Waals surface area contributed by atoms with E-state index in [1.54, 1.807) is 54.6 Å². The molecule has 2 N–H and O–H groups in total. The number of rotatable bonds is 5. The summed E-state index contributed by atoms with van der Waals surface area (Å²) in [6, 6.07) is 17.4. The van der Waals surface area contributed by atoms with Crippen LogP contribution in [0.2, 0.25) is 0 Å². The summed E-state index contributed by atoms with van der Waals surface area (Å²) in [6.07, 6.45) is 0. The molecule has 4 nitrogen and oxygen atoms in total. The molecular weight excluding hydrogens is 353 g/mol. The van der Waals surface area contributed by atoms with E-state index in [1.165, 1.54) is 19.2 Å². The van der Waals surface area contributed by atoms with Crippen molar-refractivity contribution < 1.29 is 17.5 Å². The van der Waals surface area contributed by atoms with Crippen molar-refractivity contribution in [2.45, 2.75) is 10.6 Å². The highest BCUT2D eigenvalue weighted by Gasteiger charge is 2.18. The Morgan fingerprint density at radius 2 is 1.69 bits per heavy atom. The molecule has 3 aromatic rings. The third-order valence-electron chi connectivity index (χ3n) is 4.03. The second kappa shape index (κ2) is 7.17. The lowest BCUT2D eigenvalue weighted by molar-refractivity contribution is 0.411. The molecule has 3 aromatic carbocycles. The molecular formula is C20H18FNO3S. The SMILES string of the molecule is COc1cc(N)ccc1CS(=O)(=O)c1cccc(-c2ccc(F)cc2)c1. The highest BCUT2D eigenvalue weighted by Crippen LogP contribution is 2.28. The summed E-state index contributed by atoms with van der Waals surface area (Å²) in [5, 5.41) is 0. The number of nitrogen functional groups attached to an aromatic ring is 1. The van der Waals surface area contributed by atoms with Crippen LogP contribution in [0, 0.1) is 5.82 Å². The number of hydrogen-bond acceptors (Lipinski definition) is 4. The number of nitrogens with two attached hydrogens (primary N) is 1. The molecule has 0 unspecified atom stereocenters. The molecule has 26 heavy (non-hydrogen) atoms. The van der Waals surface area contributed by atoms with Crippen molar-refractivity contribution in [2.75, 3.05) is 12.8 Å². The minimum absolute atomic E-state index is 0.193. The molecule has 6 heteroatoms. The molecule has 0 saturated heterocycles. The summed E-state index contributed by atoms with van der Waals surface area (Å²) >= 11 is 0. The predicted octanol–water partition coefficient (Wildman–Crippen LogP) is 4.06. The summed E-state index contributed by atoms with van der Waals surface area (Å²) < 4.78 is 44.0. The molecule has 0 amide bonds. The van der Waals surface area contributed by atoms with Gasteiger partial charge in [-0.05, 0) is 41.5 Å². The first-order valence-corrected chi connectivity index (χ1v) is 9.55. The van der Waals surface area contributed by atoms with E-state index in [0.717, 1.165) is 5.56 Å². The van der Waals surface area contributed by atoms with Gasteiger partial charge in [0.25, 0.3) is 0 Å². The van der Waals surface area contributed by atoms with E-state index in [4.69, 9.17) is 10.5 Å². The first-order valence-electron chi connectivity index (χ1n) is 7.90. The number of halogens is 1. The molecule has 0 saturated carbocycles. The number of ether oxygens (including phenoxy) is 1. The summed E-state index contributed by atoms with van der Waals surface area (Å²) in [5.74, 6) is -0.111. The van der Waals surface area contributed by atoms with Gasteiger partial charge >= 0.3 is 0 Å². The number of anilines is 1. The smallest absolute Gasteiger partial charge is 0.182 e. The van der Waals surface area contributed by atoms with Crippen LogP contribution in [0.25, 0.3) is 11.1 Å². The van der Waals surface area contributed by atoms with Gasteiger partial charge in [0.2, 0.25) is 0 Å². The largest absolute Gasteiger partial charge is 0.496 e. The molecule has 0 radical (unpaired) electrons. The van der Waals surface area contributed by atoms with Gasteiger partial charge in [0, 0.05) is 17.3 Å². The fraction of sp³-hybridized carbons (Fsp3) is 0.100. The van der Waals surface area contributed by atoms with Crippen LogP contribution >= 0.6 is 0 Å². The molecule has 0 aliphatic rings. The van der Waals surface area contributed by atoms with Crippen LogP contribution in [0.15, 0.2) is 71.6 Å². The minimum Gasteiger partial charge on any atom is -0.496 e. The average Bonchev–Trinajstić information content (AvgIpc) is 2.64. The van der Waals surface area contributed by atoms with E-state index < -0.39 is 9.84 Å². The summed E-state index contributed by atoms with van der Waals surface area (Å²) in [5.41, 5.74) is 8.20. The molecule has 0 atom stereocenters. The van der Waals surface area contributed by atoms with Crippen LogP contribution in [0.1, 0.15) is 5.56 Å². The lowest BCUT2D eigenvalue weighted by atomic mass is 10.1. The fourth-order valence-electron chi connectivity index (χ4n) is 2.68. The molecule has 0 spiro atoms. The van der Waals surface area contributed by atoms with Crippen LogP contribution in [-0.4, -0.2) is 15.5 Å². The van der Waals surface area contributed by atoms with Crippen LogP contribution in [-0.2, 0) is 15.6 Å². The number of benzene rings is 3. The first kappa shape index (κ1) is 17.9. The third kappa shape index (κ3) is 3.86. The monoisotopic (exact) mass is 371 g/mol. The molecule has 0 bridgehead atoms. The Balaban J connectivity index is 1.95. The van der Waals surface area contributed by atoms with Crippen molar-refractivity contribution in [1.82, 2.24) is 0 Å². The van der Waals surface area contributed by atoms with Crippen molar-refractivity contribution in [1.29, 1.82) is 0 Å². The molecule has 3 rings (SSSR count). The summed E-state index contributed by atoms with van der Waals surface area (Å²) in [4.78, 5) is 0.193. The van der Waals surface area contributed by atoms with Gasteiger partial charge in [-0.15, -0.1) is 0 Å². The zero-order chi connectivity index (χ0) is 18.7. The molecule has 0 aliphatic heterocycles. The van der Waals surface area contributed by atoms with Crippen LogP contribution in [0.3, 0.4) is 0 Å². The van der Waals surface area contributed by atoms with E-state index in [-0.39, 0.29) is 16.5 Å². The fourth-order valence-corrected chi connectivity index (χ4v) is 4.09. The Bertz CT molecular complexity index is 1030. The number of hydrogen-bond donors (Lipinski definition) is 1. The van der Waals surface area contributed by atoms with E-state index in [9.17, 15) is 12.8 Å². The van der Waals surface area contributed by atoms with E-state index >= 15 is 0 Å². The summed E-state index contributed by atoms with van der Waals surface area (Å²) in [6.45, 7) is 0. The van der Waals surface area contributed by atoms with E-state index in [2.05, 4.69) is 0 Å². The Morgan fingerprint density at radius 1 is 0.962 bits per heavy atom. The van der Waals surface area contributed by atoms with Crippen molar-refractivity contribution in [3.05, 3.63) is 78.1 Å². The maximum atomic E-state index is 13.1. The van der Waals surface area contributed by atoms with Gasteiger partial charge in [-0.1, -0.05) is 30.3 Å². The Kier molecular flexibility index (Phi) is 4.95. The second-order valence-electron chi connectivity index (χ2n) is 5.87. The van der Waals surface area contributed by atoms with Crippen LogP contribution in [0.5, 0.6) is 5.75 Å². The highest BCUT2D eigenvalue weighted by atomic mass is 32.2. The maximum absolute atomic E-state index is 13.1. The topological polar surface area (TPSA) is 69.4 Å². The van der Waals surface area contributed by atoms with Gasteiger partial charge in [0.05, 0.1) is 17.8 Å². The quantitative estimate of drug-likeness (QED) is 0.687. The normalized spacial score (nSPS) is 11.3. The van der Waals surface area contributed by atoms with Crippen LogP contribution in [0.4, 0.5) is 10.1 Å². The van der Waals surface area contributed by atoms with Crippen molar-refractivity contribution >= 4 is 15.5 Å². The Hall–Kier alpha value is -2.86. The first-order chi connectivity index (χ1) is 12.4. The highest BCUT2D eigenvalue weighted by molar-refractivity contribution is 7.90. The van der Waals surface area contributed by atoms with Gasteiger partial charge < -0.3 is 10.5 Å². The van der Waals surface area contributed by atoms with Gasteiger partial charge in [0.15, 0.2) is 9.84 Å². The van der Waals surface area contributed by atoms with Gasteiger partial charge in [-0.2, -0.15) is 0 Å². The van der Waals surface area contributed by atoms with Crippen LogP contribution < -0.4 is 10.5 Å². The number of sulfone groups is 1. The second-order valence-corrected chi connectivity index (χ2v) is 7.85. The molecule has 0 aromatic heterocycles. The standard InChI is InChI=1S/C20H18FNO3S/c1-25-20-12-18(22)10-7-16(20)13-26(23,24)19-4-2-3-15(11-19)14-5-8-17(21)9-6-14/h2-12H,13,22H2,1H3. The van der Waals surface area contributed by atoms with Gasteiger partial charge in [-0.25, -0.2) is 12.8 Å². The lowest BCUT2D eigenvalue weighted by Gasteiger charge is -2.11. The van der Waals surface area contributed by atoms with Gasteiger partial charge in [0.1, 0.15) is 11.6 Å². The molecule has 0 aliphatic carbocycles. The summed E-state index contributed by atoms with van der Waals surface area (Å²) in [7, 11) is -2.12. The Morgan fingerprint density at radius 3 is 2.38 bits per heavy atom. The number of methoxy groups -OCH3 is 1. The van der Waals surface area contributed by atoms with E-state index in [1.807, 2.05) is 0 Å². The predicted molar refractivity (Wildman–Crippen MR) is 100 cm³/mol.